The number of nitrogens with two attached hydrogens (primary N) is 1. The summed E-state index contributed by atoms with van der Waals surface area (Å²) in [6.07, 6.45) is 4.50. The first-order chi connectivity index (χ1) is 13.8. The smallest absolute Gasteiger partial charge is 0.238 e. The summed E-state index contributed by atoms with van der Waals surface area (Å²) in [4.78, 5) is 14.1. The Labute approximate surface area is 170 Å². The van der Waals surface area contributed by atoms with Crippen LogP contribution in [0.25, 0.3) is 11.0 Å². The monoisotopic (exact) mass is 414 g/mol. The number of rotatable bonds is 5. The maximum absolute atomic E-state index is 11.9. The Balaban J connectivity index is 1.70. The molecule has 3 heterocycles. The van der Waals surface area contributed by atoms with Crippen LogP contribution in [0.4, 0.5) is 11.5 Å². The summed E-state index contributed by atoms with van der Waals surface area (Å²) in [5, 5.41) is 9.51. The summed E-state index contributed by atoms with van der Waals surface area (Å²) < 4.78 is 23.8. The van der Waals surface area contributed by atoms with Gasteiger partial charge in [-0.3, -0.25) is 4.90 Å². The third-order valence-corrected chi connectivity index (χ3v) is 6.27. The van der Waals surface area contributed by atoms with E-state index in [1.165, 1.54) is 12.7 Å². The Kier molecular flexibility index (Phi) is 5.28. The van der Waals surface area contributed by atoms with Crippen molar-refractivity contribution in [1.82, 2.24) is 19.9 Å². The highest BCUT2D eigenvalue weighted by atomic mass is 32.2. The van der Waals surface area contributed by atoms with Crippen molar-refractivity contribution in [2.24, 2.45) is 17.0 Å². The molecule has 0 aliphatic carbocycles. The fourth-order valence-electron chi connectivity index (χ4n) is 4.25. The zero-order valence-electron chi connectivity index (χ0n) is 16.6. The van der Waals surface area contributed by atoms with Crippen molar-refractivity contribution < 1.29 is 8.42 Å². The van der Waals surface area contributed by atoms with Gasteiger partial charge in [-0.25, -0.2) is 23.5 Å². The third kappa shape index (κ3) is 4.42. The molecule has 154 valence electrons. The van der Waals surface area contributed by atoms with Gasteiger partial charge in [0, 0.05) is 31.5 Å². The van der Waals surface area contributed by atoms with Crippen LogP contribution in [0.1, 0.15) is 25.8 Å². The molecule has 0 amide bonds. The molecule has 0 saturated carbocycles. The van der Waals surface area contributed by atoms with Gasteiger partial charge in [0.05, 0.1) is 10.3 Å². The van der Waals surface area contributed by atoms with Crippen LogP contribution in [0.2, 0.25) is 0 Å². The van der Waals surface area contributed by atoms with Gasteiger partial charge in [-0.05, 0) is 42.0 Å². The molecule has 9 heteroatoms. The molecule has 1 aliphatic heterocycles. The number of H-pyrrole nitrogens is 1. The average Bonchev–Trinajstić information content (AvgIpc) is 3.11. The van der Waals surface area contributed by atoms with Crippen LogP contribution in [0.5, 0.6) is 0 Å². The molecule has 0 radical (unpaired) electrons. The molecule has 4 rings (SSSR count). The Morgan fingerprint density at radius 3 is 2.69 bits per heavy atom. The Morgan fingerprint density at radius 1 is 1.21 bits per heavy atom. The number of hydrogen-bond donors (Lipinski definition) is 3. The number of primary sulfonamides is 1. The van der Waals surface area contributed by atoms with Crippen molar-refractivity contribution in [1.29, 1.82) is 0 Å². The van der Waals surface area contributed by atoms with E-state index in [0.717, 1.165) is 30.6 Å². The summed E-state index contributed by atoms with van der Waals surface area (Å²) in [7, 11) is -3.81. The van der Waals surface area contributed by atoms with Crippen LogP contribution < -0.4 is 10.5 Å². The number of fused-ring (bicyclic) bond motifs is 1. The van der Waals surface area contributed by atoms with Crippen molar-refractivity contribution in [2.75, 3.05) is 18.4 Å². The van der Waals surface area contributed by atoms with E-state index in [9.17, 15) is 8.42 Å². The minimum atomic E-state index is -3.81. The number of likely N-dealkylation sites (tertiary alicyclic amines) is 1. The highest BCUT2D eigenvalue weighted by Crippen LogP contribution is 2.29. The molecule has 2 atom stereocenters. The van der Waals surface area contributed by atoms with E-state index in [4.69, 9.17) is 5.14 Å². The zero-order valence-corrected chi connectivity index (χ0v) is 17.4. The molecule has 0 bridgehead atoms. The SMILES string of the molecule is CC1CC(C)CN(Cc2ccc(S(N)(=O)=O)cc2Nc2ncnc3[nH]ccc23)C1. The normalized spacial score (nSPS) is 20.8. The van der Waals surface area contributed by atoms with Crippen LogP contribution in [0.3, 0.4) is 0 Å². The van der Waals surface area contributed by atoms with Crippen LogP contribution >= 0.6 is 0 Å². The lowest BCUT2D eigenvalue weighted by Gasteiger charge is -2.35. The first kappa shape index (κ1) is 19.8. The lowest BCUT2D eigenvalue weighted by Crippen LogP contribution is -2.38. The number of nitrogens with one attached hydrogen (secondary N) is 2. The second kappa shape index (κ2) is 7.74. The van der Waals surface area contributed by atoms with Gasteiger partial charge in [0.15, 0.2) is 0 Å². The molecule has 2 unspecified atom stereocenters. The molecule has 1 aromatic carbocycles. The molecule has 2 aromatic heterocycles. The van der Waals surface area contributed by atoms with Gasteiger partial charge in [-0.2, -0.15) is 0 Å². The van der Waals surface area contributed by atoms with E-state index < -0.39 is 10.0 Å². The molecular formula is C20H26N6O2S. The summed E-state index contributed by atoms with van der Waals surface area (Å²) in [6.45, 7) is 7.32. The van der Waals surface area contributed by atoms with Crippen LogP contribution in [0, 0.1) is 11.8 Å². The Morgan fingerprint density at radius 2 is 1.97 bits per heavy atom. The molecule has 4 N–H and O–H groups in total. The predicted octanol–water partition coefficient (Wildman–Crippen LogP) is 2.83. The van der Waals surface area contributed by atoms with E-state index >= 15 is 0 Å². The second-order valence-electron chi connectivity index (χ2n) is 8.09. The Hall–Kier alpha value is -2.49. The average molecular weight is 415 g/mol. The third-order valence-electron chi connectivity index (χ3n) is 5.36. The lowest BCUT2D eigenvalue weighted by atomic mass is 9.91. The molecule has 1 aliphatic rings. The van der Waals surface area contributed by atoms with Crippen LogP contribution in [-0.2, 0) is 16.6 Å². The fourth-order valence-corrected chi connectivity index (χ4v) is 4.79. The number of piperidine rings is 1. The van der Waals surface area contributed by atoms with E-state index in [0.29, 0.717) is 29.0 Å². The number of aromatic amines is 1. The number of nitrogens with zero attached hydrogens (tertiary/aromatic N) is 3. The van der Waals surface area contributed by atoms with Gasteiger partial charge < -0.3 is 10.3 Å². The summed E-state index contributed by atoms with van der Waals surface area (Å²) in [6, 6.07) is 6.87. The van der Waals surface area contributed by atoms with Gasteiger partial charge in [0.1, 0.15) is 17.8 Å². The van der Waals surface area contributed by atoms with E-state index in [1.807, 2.05) is 12.1 Å². The van der Waals surface area contributed by atoms with Gasteiger partial charge in [0.25, 0.3) is 0 Å². The highest BCUT2D eigenvalue weighted by molar-refractivity contribution is 7.89. The molecular weight excluding hydrogens is 388 g/mol. The van der Waals surface area contributed by atoms with Gasteiger partial charge in [-0.15, -0.1) is 0 Å². The molecule has 1 fully saturated rings. The van der Waals surface area contributed by atoms with Crippen LogP contribution in [-0.4, -0.2) is 41.4 Å². The predicted molar refractivity (Wildman–Crippen MR) is 113 cm³/mol. The molecule has 0 spiro atoms. The zero-order chi connectivity index (χ0) is 20.6. The van der Waals surface area contributed by atoms with Gasteiger partial charge in [-0.1, -0.05) is 19.9 Å². The molecule has 1 saturated heterocycles. The topological polar surface area (TPSA) is 117 Å². The first-order valence-corrected chi connectivity index (χ1v) is 11.3. The minimum Gasteiger partial charge on any atom is -0.346 e. The fraction of sp³-hybridized carbons (Fsp3) is 0.400. The largest absolute Gasteiger partial charge is 0.346 e. The quantitative estimate of drug-likeness (QED) is 0.591. The number of aromatic nitrogens is 3. The van der Waals surface area contributed by atoms with Crippen molar-refractivity contribution in [3.05, 3.63) is 42.4 Å². The van der Waals surface area contributed by atoms with Gasteiger partial charge in [0.2, 0.25) is 10.0 Å². The lowest BCUT2D eigenvalue weighted by molar-refractivity contribution is 0.134. The Bertz CT molecular complexity index is 1120. The first-order valence-electron chi connectivity index (χ1n) is 9.73. The number of anilines is 2. The van der Waals surface area contributed by atoms with Crippen molar-refractivity contribution in [2.45, 2.75) is 31.7 Å². The number of benzene rings is 1. The molecule has 8 nitrogen and oxygen atoms in total. The van der Waals surface area contributed by atoms with E-state index in [-0.39, 0.29) is 4.90 Å². The number of hydrogen-bond acceptors (Lipinski definition) is 6. The van der Waals surface area contributed by atoms with Gasteiger partial charge >= 0.3 is 0 Å². The standard InChI is InChI=1S/C20H26N6O2S/c1-13-7-14(2)10-26(9-13)11-15-3-4-16(29(21,27)28)8-18(15)25-20-17-5-6-22-19(17)23-12-24-20/h3-6,8,12-14H,7,9-11H2,1-2H3,(H2,21,27,28)(H2,22,23,24,25). The van der Waals surface area contributed by atoms with Crippen molar-refractivity contribution in [3.8, 4) is 0 Å². The molecule has 3 aromatic rings. The van der Waals surface area contributed by atoms with Crippen molar-refractivity contribution in [3.63, 3.8) is 0 Å². The summed E-state index contributed by atoms with van der Waals surface area (Å²) >= 11 is 0. The summed E-state index contributed by atoms with van der Waals surface area (Å²) in [5.74, 6) is 1.89. The van der Waals surface area contributed by atoms with Crippen molar-refractivity contribution >= 4 is 32.6 Å². The van der Waals surface area contributed by atoms with E-state index in [2.05, 4.69) is 39.0 Å². The number of sulfonamides is 1. The van der Waals surface area contributed by atoms with E-state index in [1.54, 1.807) is 18.3 Å². The maximum Gasteiger partial charge on any atom is 0.238 e. The maximum atomic E-state index is 11.9. The second-order valence-corrected chi connectivity index (χ2v) is 9.65. The minimum absolute atomic E-state index is 0.0727. The summed E-state index contributed by atoms with van der Waals surface area (Å²) in [5.41, 5.74) is 2.40. The molecule has 29 heavy (non-hydrogen) atoms. The van der Waals surface area contributed by atoms with Crippen LogP contribution in [0.15, 0.2) is 41.7 Å². The highest BCUT2D eigenvalue weighted by Gasteiger charge is 2.23.